The van der Waals surface area contributed by atoms with Crippen molar-refractivity contribution in [1.82, 2.24) is 0 Å². The van der Waals surface area contributed by atoms with Crippen LogP contribution in [0.2, 0.25) is 0 Å². The SMILES string of the molecule is CCC(C)CCCCCCCCC(=O)OC[C@H](COP(=O)(O)OC[C@H](O)COP(=O)(O)OC[C@@H](COC(=O)CCCCCCCCCCCCCCCC(C)C)OC(=O)CCCCCCCCCCCCCCCCC(C)C)OC(=O)CCCCCCCCCCC(C)C. The second-order valence-electron chi connectivity index (χ2n) is 28.7. The molecule has 0 radical (unpaired) electrons. The Kier molecular flexibility index (Phi) is 63.1. The molecule has 0 aliphatic rings. The third-order valence-electron chi connectivity index (χ3n) is 17.7. The van der Waals surface area contributed by atoms with Crippen molar-refractivity contribution in [3.05, 3.63) is 0 Å². The van der Waals surface area contributed by atoms with Crippen LogP contribution >= 0.6 is 15.6 Å². The Morgan fingerprint density at radius 1 is 0.298 bits per heavy atom. The minimum absolute atomic E-state index is 0.103. The van der Waals surface area contributed by atoms with Gasteiger partial charge >= 0.3 is 39.5 Å². The van der Waals surface area contributed by atoms with E-state index < -0.39 is 97.5 Å². The van der Waals surface area contributed by atoms with Gasteiger partial charge in [0, 0.05) is 25.7 Å². The van der Waals surface area contributed by atoms with Gasteiger partial charge in [-0.1, -0.05) is 325 Å². The summed E-state index contributed by atoms with van der Waals surface area (Å²) in [6.07, 6.45) is 48.6. The fourth-order valence-electron chi connectivity index (χ4n) is 11.3. The van der Waals surface area contributed by atoms with Crippen LogP contribution in [0.15, 0.2) is 0 Å². The fraction of sp³-hybridized carbons (Fsp3) is 0.947. The van der Waals surface area contributed by atoms with Gasteiger partial charge in [-0.2, -0.15) is 0 Å². The van der Waals surface area contributed by atoms with Gasteiger partial charge in [-0.15, -0.1) is 0 Å². The van der Waals surface area contributed by atoms with Crippen LogP contribution in [-0.2, 0) is 65.4 Å². The van der Waals surface area contributed by atoms with Crippen LogP contribution in [-0.4, -0.2) is 96.7 Å². The molecule has 0 spiro atoms. The normalized spacial score (nSPS) is 14.4. The molecule has 0 aromatic heterocycles. The van der Waals surface area contributed by atoms with Crippen LogP contribution in [0, 0.1) is 23.7 Å². The van der Waals surface area contributed by atoms with E-state index in [-0.39, 0.29) is 25.7 Å². The average molecular weight is 1380 g/mol. The standard InChI is InChI=1S/C75H146O17P2/c1-9-68(8)54-46-38-33-34-40-48-56-73(78)86-62-71(92-75(80)58-50-42-32-26-25-29-37-45-53-67(6)7)64-90-94(83,84)88-60-69(76)59-87-93(81,82)89-63-70(61-85-72(77)55-47-39-30-23-19-16-12-14-18-22-28-36-44-52-66(4)5)91-74(79)57-49-41-31-24-20-15-11-10-13-17-21-27-35-43-51-65(2)3/h65-71,76H,9-64H2,1-8H3,(H,81,82)(H,83,84)/t68?,69-,70-,71-/m1/s1. The van der Waals surface area contributed by atoms with Crippen molar-refractivity contribution >= 4 is 39.5 Å². The maximum atomic E-state index is 13.1. The molecule has 0 saturated heterocycles. The predicted molar refractivity (Wildman–Crippen MR) is 381 cm³/mol. The first-order valence-corrected chi connectivity index (χ1v) is 41.7. The van der Waals surface area contributed by atoms with Gasteiger partial charge in [-0.05, 0) is 49.4 Å². The molecule has 0 amide bonds. The van der Waals surface area contributed by atoms with Crippen molar-refractivity contribution in [2.75, 3.05) is 39.6 Å². The van der Waals surface area contributed by atoms with Gasteiger partial charge in [0.15, 0.2) is 12.2 Å². The molecule has 0 aliphatic carbocycles. The van der Waals surface area contributed by atoms with Gasteiger partial charge in [-0.3, -0.25) is 37.3 Å². The van der Waals surface area contributed by atoms with Crippen LogP contribution in [0.1, 0.15) is 376 Å². The highest BCUT2D eigenvalue weighted by molar-refractivity contribution is 7.47. The molecule has 0 saturated carbocycles. The first kappa shape index (κ1) is 92.1. The first-order chi connectivity index (χ1) is 45.1. The number of unbranched alkanes of at least 4 members (excludes halogenated alkanes) is 37. The van der Waals surface area contributed by atoms with E-state index in [0.29, 0.717) is 25.7 Å². The molecular formula is C75H146O17P2. The summed E-state index contributed by atoms with van der Waals surface area (Å²) >= 11 is 0. The van der Waals surface area contributed by atoms with E-state index in [0.717, 1.165) is 120 Å². The number of esters is 4. The number of hydrogen-bond acceptors (Lipinski definition) is 15. The van der Waals surface area contributed by atoms with Crippen molar-refractivity contribution in [1.29, 1.82) is 0 Å². The van der Waals surface area contributed by atoms with Crippen LogP contribution in [0.25, 0.3) is 0 Å². The van der Waals surface area contributed by atoms with E-state index >= 15 is 0 Å². The maximum absolute atomic E-state index is 13.1. The zero-order valence-corrected chi connectivity index (χ0v) is 63.4. The zero-order valence-electron chi connectivity index (χ0n) is 61.6. The maximum Gasteiger partial charge on any atom is 0.472 e. The van der Waals surface area contributed by atoms with Crippen molar-refractivity contribution in [3.63, 3.8) is 0 Å². The molecule has 17 nitrogen and oxygen atoms in total. The van der Waals surface area contributed by atoms with E-state index in [1.807, 2.05) is 0 Å². The van der Waals surface area contributed by atoms with Gasteiger partial charge in [0.05, 0.1) is 26.4 Å². The largest absolute Gasteiger partial charge is 0.472 e. The van der Waals surface area contributed by atoms with Gasteiger partial charge in [0.2, 0.25) is 0 Å². The van der Waals surface area contributed by atoms with Crippen molar-refractivity contribution in [2.45, 2.75) is 395 Å². The molecule has 3 N–H and O–H groups in total. The number of carbonyl (C=O) groups is 4. The molecule has 558 valence electrons. The Morgan fingerprint density at radius 2 is 0.511 bits per heavy atom. The summed E-state index contributed by atoms with van der Waals surface area (Å²) in [4.78, 5) is 72.7. The Morgan fingerprint density at radius 3 is 0.755 bits per heavy atom. The van der Waals surface area contributed by atoms with Gasteiger partial charge in [-0.25, -0.2) is 9.13 Å². The minimum atomic E-state index is -4.96. The number of hydrogen-bond donors (Lipinski definition) is 3. The molecule has 0 rings (SSSR count). The molecule has 0 aliphatic heterocycles. The second kappa shape index (κ2) is 64.4. The van der Waals surface area contributed by atoms with Crippen LogP contribution in [0.3, 0.4) is 0 Å². The van der Waals surface area contributed by atoms with Crippen LogP contribution < -0.4 is 0 Å². The Balaban J connectivity index is 5.25. The predicted octanol–water partition coefficient (Wildman–Crippen LogP) is 21.7. The van der Waals surface area contributed by atoms with E-state index in [2.05, 4.69) is 55.4 Å². The lowest BCUT2D eigenvalue weighted by Gasteiger charge is -2.21. The molecule has 0 fully saturated rings. The summed E-state index contributed by atoms with van der Waals surface area (Å²) in [6, 6.07) is 0. The lowest BCUT2D eigenvalue weighted by Crippen LogP contribution is -2.30. The number of ether oxygens (including phenoxy) is 4. The third-order valence-corrected chi connectivity index (χ3v) is 19.6. The topological polar surface area (TPSA) is 237 Å². The molecule has 0 aromatic carbocycles. The van der Waals surface area contributed by atoms with Crippen molar-refractivity contribution in [3.8, 4) is 0 Å². The first-order valence-electron chi connectivity index (χ1n) is 38.7. The molecule has 0 heterocycles. The summed E-state index contributed by atoms with van der Waals surface area (Å²) in [6.45, 7) is 14.2. The van der Waals surface area contributed by atoms with Crippen molar-refractivity contribution in [2.24, 2.45) is 23.7 Å². The highest BCUT2D eigenvalue weighted by atomic mass is 31.2. The molecule has 94 heavy (non-hydrogen) atoms. The highest BCUT2D eigenvalue weighted by Crippen LogP contribution is 2.45. The number of phosphoric ester groups is 2. The number of phosphoric acid groups is 2. The summed E-state index contributed by atoms with van der Waals surface area (Å²) in [5.41, 5.74) is 0. The molecule has 19 heteroatoms. The Labute approximate surface area is 575 Å². The third kappa shape index (κ3) is 67.3. The number of rotatable bonds is 72. The van der Waals surface area contributed by atoms with E-state index in [9.17, 15) is 43.2 Å². The lowest BCUT2D eigenvalue weighted by atomic mass is 10.00. The summed E-state index contributed by atoms with van der Waals surface area (Å²) < 4.78 is 68.5. The highest BCUT2D eigenvalue weighted by Gasteiger charge is 2.30. The molecule has 0 bridgehead atoms. The van der Waals surface area contributed by atoms with Crippen LogP contribution in [0.4, 0.5) is 0 Å². The van der Waals surface area contributed by atoms with Gasteiger partial charge in [0.1, 0.15) is 19.3 Å². The Hall–Kier alpha value is -1.94. The zero-order chi connectivity index (χ0) is 69.6. The summed E-state index contributed by atoms with van der Waals surface area (Å²) in [5, 5.41) is 10.6. The summed E-state index contributed by atoms with van der Waals surface area (Å²) in [5.74, 6) is 0.911. The smallest absolute Gasteiger partial charge is 0.462 e. The van der Waals surface area contributed by atoms with Gasteiger partial charge < -0.3 is 33.8 Å². The fourth-order valence-corrected chi connectivity index (χ4v) is 12.9. The van der Waals surface area contributed by atoms with Crippen molar-refractivity contribution < 1.29 is 80.2 Å². The van der Waals surface area contributed by atoms with Gasteiger partial charge in [0.25, 0.3) is 0 Å². The number of aliphatic hydroxyl groups excluding tert-OH is 1. The van der Waals surface area contributed by atoms with E-state index in [4.69, 9.17) is 37.0 Å². The second-order valence-corrected chi connectivity index (χ2v) is 31.6. The van der Waals surface area contributed by atoms with E-state index in [1.54, 1.807) is 0 Å². The lowest BCUT2D eigenvalue weighted by molar-refractivity contribution is -0.161. The Bertz CT molecular complexity index is 1850. The van der Waals surface area contributed by atoms with E-state index in [1.165, 1.54) is 173 Å². The molecular weight excluding hydrogens is 1230 g/mol. The molecule has 6 atom stereocenters. The summed E-state index contributed by atoms with van der Waals surface area (Å²) in [7, 11) is -9.91. The molecule has 0 aromatic rings. The average Bonchev–Trinajstić information content (AvgIpc) is 1.65. The number of aliphatic hydroxyl groups is 1. The molecule has 3 unspecified atom stereocenters. The van der Waals surface area contributed by atoms with Crippen LogP contribution in [0.5, 0.6) is 0 Å². The minimum Gasteiger partial charge on any atom is -0.462 e. The monoisotopic (exact) mass is 1380 g/mol. The number of carbonyl (C=O) groups excluding carboxylic acids is 4. The quantitative estimate of drug-likeness (QED) is 0.0222.